The Kier molecular flexibility index (Phi) is 3.02. The first-order chi connectivity index (χ1) is 9.65. The Morgan fingerprint density at radius 2 is 1.85 bits per heavy atom. The lowest BCUT2D eigenvalue weighted by Gasteiger charge is -2.10. The van der Waals surface area contributed by atoms with Gasteiger partial charge < -0.3 is 5.32 Å². The first kappa shape index (κ1) is 12.5. The van der Waals surface area contributed by atoms with E-state index in [2.05, 4.69) is 10.3 Å². The zero-order valence-corrected chi connectivity index (χ0v) is 10.4. The maximum Gasteiger partial charge on any atom is 0.246 e. The van der Waals surface area contributed by atoms with Crippen LogP contribution in [0, 0.1) is 11.6 Å². The van der Waals surface area contributed by atoms with Crippen LogP contribution in [-0.4, -0.2) is 18.2 Å². The maximum absolute atomic E-state index is 13.9. The third kappa shape index (κ3) is 2.18. The largest absolute Gasteiger partial charge is 0.324 e. The molecule has 2 aromatic carbocycles. The molecule has 3 rings (SSSR count). The van der Waals surface area contributed by atoms with Crippen molar-refractivity contribution in [1.29, 1.82) is 0 Å². The van der Waals surface area contributed by atoms with E-state index in [-0.39, 0.29) is 18.0 Å². The minimum atomic E-state index is -0.473. The number of aliphatic imine (C=N–C) groups is 1. The molecule has 0 unspecified atom stereocenters. The van der Waals surface area contributed by atoms with Crippen LogP contribution in [-0.2, 0) is 4.79 Å². The van der Waals surface area contributed by atoms with Gasteiger partial charge in [-0.25, -0.2) is 8.78 Å². The van der Waals surface area contributed by atoms with Gasteiger partial charge in [-0.1, -0.05) is 12.1 Å². The quantitative estimate of drug-likeness (QED) is 0.852. The Labute approximate surface area is 114 Å². The van der Waals surface area contributed by atoms with Gasteiger partial charge in [0.25, 0.3) is 0 Å². The zero-order valence-electron chi connectivity index (χ0n) is 10.4. The fourth-order valence-corrected chi connectivity index (χ4v) is 2.14. The number of anilines is 1. The van der Waals surface area contributed by atoms with Crippen LogP contribution in [0.5, 0.6) is 0 Å². The topological polar surface area (TPSA) is 41.5 Å². The van der Waals surface area contributed by atoms with Crippen molar-refractivity contribution in [2.75, 3.05) is 11.9 Å². The highest BCUT2D eigenvalue weighted by Crippen LogP contribution is 2.24. The van der Waals surface area contributed by atoms with Crippen molar-refractivity contribution < 1.29 is 13.6 Å². The molecule has 3 nitrogen and oxygen atoms in total. The van der Waals surface area contributed by atoms with Crippen LogP contribution < -0.4 is 5.32 Å². The van der Waals surface area contributed by atoms with Crippen molar-refractivity contribution in [2.45, 2.75) is 0 Å². The zero-order chi connectivity index (χ0) is 14.1. The summed E-state index contributed by atoms with van der Waals surface area (Å²) in [6, 6.07) is 10.1. The molecule has 5 heteroatoms. The lowest BCUT2D eigenvalue weighted by atomic mass is 10.00. The van der Waals surface area contributed by atoms with Crippen molar-refractivity contribution in [1.82, 2.24) is 0 Å². The summed E-state index contributed by atoms with van der Waals surface area (Å²) in [5.41, 5.74) is 1.44. The van der Waals surface area contributed by atoms with Crippen LogP contribution in [0.15, 0.2) is 47.5 Å². The van der Waals surface area contributed by atoms with Gasteiger partial charge in [0.1, 0.15) is 18.2 Å². The van der Waals surface area contributed by atoms with Crippen LogP contribution in [0.25, 0.3) is 0 Å². The SMILES string of the molecule is O=C1CN=C(c2ccccc2F)c2ccc(F)cc2N1. The van der Waals surface area contributed by atoms with Crippen molar-refractivity contribution in [3.8, 4) is 0 Å². The summed E-state index contributed by atoms with van der Waals surface area (Å²) in [7, 11) is 0. The molecule has 100 valence electrons. The van der Waals surface area contributed by atoms with Crippen molar-refractivity contribution in [2.24, 2.45) is 4.99 Å². The number of nitrogens with one attached hydrogen (secondary N) is 1. The first-order valence-electron chi connectivity index (χ1n) is 6.04. The van der Waals surface area contributed by atoms with Gasteiger partial charge in [-0.05, 0) is 30.3 Å². The van der Waals surface area contributed by atoms with Gasteiger partial charge in [0.2, 0.25) is 5.91 Å². The number of hydrogen-bond acceptors (Lipinski definition) is 2. The Bertz CT molecular complexity index is 726. The summed E-state index contributed by atoms with van der Waals surface area (Å²) in [5, 5.41) is 2.57. The maximum atomic E-state index is 13.9. The number of rotatable bonds is 1. The van der Waals surface area contributed by atoms with E-state index in [0.29, 0.717) is 17.0 Å². The van der Waals surface area contributed by atoms with Crippen LogP contribution in [0.3, 0.4) is 0 Å². The lowest BCUT2D eigenvalue weighted by Crippen LogP contribution is -2.13. The summed E-state index contributed by atoms with van der Waals surface area (Å²) < 4.78 is 27.2. The fraction of sp³-hybridized carbons (Fsp3) is 0.0667. The molecule has 20 heavy (non-hydrogen) atoms. The monoisotopic (exact) mass is 272 g/mol. The average molecular weight is 272 g/mol. The lowest BCUT2D eigenvalue weighted by molar-refractivity contribution is -0.114. The highest BCUT2D eigenvalue weighted by molar-refractivity contribution is 6.19. The molecule has 0 bridgehead atoms. The number of carbonyl (C=O) groups is 1. The molecular formula is C15H10F2N2O. The van der Waals surface area contributed by atoms with E-state index in [1.165, 1.54) is 24.3 Å². The predicted octanol–water partition coefficient (Wildman–Crippen LogP) is 2.75. The van der Waals surface area contributed by atoms with Crippen molar-refractivity contribution >= 4 is 17.3 Å². The highest BCUT2D eigenvalue weighted by Gasteiger charge is 2.20. The van der Waals surface area contributed by atoms with Gasteiger partial charge >= 0.3 is 0 Å². The van der Waals surface area contributed by atoms with E-state index in [0.717, 1.165) is 0 Å². The number of carbonyl (C=O) groups excluding carboxylic acids is 1. The number of amides is 1. The van der Waals surface area contributed by atoms with Gasteiger partial charge in [0, 0.05) is 11.1 Å². The van der Waals surface area contributed by atoms with Gasteiger partial charge in [-0.3, -0.25) is 9.79 Å². The third-order valence-electron chi connectivity index (χ3n) is 3.02. The van der Waals surface area contributed by atoms with Crippen LogP contribution in [0.1, 0.15) is 11.1 Å². The summed E-state index contributed by atoms with van der Waals surface area (Å²) in [4.78, 5) is 15.7. The van der Waals surface area contributed by atoms with Gasteiger partial charge in [-0.2, -0.15) is 0 Å². The minimum Gasteiger partial charge on any atom is -0.324 e. The number of hydrogen-bond donors (Lipinski definition) is 1. The van der Waals surface area contributed by atoms with E-state index >= 15 is 0 Å². The smallest absolute Gasteiger partial charge is 0.246 e. The van der Waals surface area contributed by atoms with Crippen LogP contribution in [0.4, 0.5) is 14.5 Å². The van der Waals surface area contributed by atoms with Crippen molar-refractivity contribution in [3.05, 3.63) is 65.2 Å². The molecule has 0 aliphatic carbocycles. The molecule has 0 spiro atoms. The second-order valence-electron chi connectivity index (χ2n) is 4.38. The second kappa shape index (κ2) is 4.85. The number of benzodiazepines with no additional fused rings is 1. The number of benzene rings is 2. The predicted molar refractivity (Wildman–Crippen MR) is 71.9 cm³/mol. The Hall–Kier alpha value is -2.56. The molecule has 0 atom stereocenters. The molecule has 0 saturated carbocycles. The first-order valence-corrected chi connectivity index (χ1v) is 6.04. The molecule has 0 fully saturated rings. The molecule has 0 saturated heterocycles. The van der Waals surface area contributed by atoms with Crippen LogP contribution >= 0.6 is 0 Å². The van der Waals surface area contributed by atoms with Gasteiger partial charge in [-0.15, -0.1) is 0 Å². The molecule has 0 radical (unpaired) electrons. The molecule has 2 aromatic rings. The number of halogens is 2. The second-order valence-corrected chi connectivity index (χ2v) is 4.38. The summed E-state index contributed by atoms with van der Waals surface area (Å²) in [6.45, 7) is -0.125. The van der Waals surface area contributed by atoms with Gasteiger partial charge in [0.05, 0.1) is 11.4 Å². The molecule has 0 aromatic heterocycles. The van der Waals surface area contributed by atoms with Crippen molar-refractivity contribution in [3.63, 3.8) is 0 Å². The molecule has 1 amide bonds. The molecule has 1 N–H and O–H groups in total. The molecule has 1 heterocycles. The van der Waals surface area contributed by atoms with E-state index in [9.17, 15) is 13.6 Å². The van der Waals surface area contributed by atoms with E-state index < -0.39 is 11.6 Å². The third-order valence-corrected chi connectivity index (χ3v) is 3.02. The Morgan fingerprint density at radius 1 is 1.05 bits per heavy atom. The average Bonchev–Trinajstić information content (AvgIpc) is 2.57. The summed E-state index contributed by atoms with van der Waals surface area (Å²) in [6.07, 6.45) is 0. The Morgan fingerprint density at radius 3 is 2.65 bits per heavy atom. The number of nitrogens with zero attached hydrogens (tertiary/aromatic N) is 1. The molecule has 1 aliphatic heterocycles. The standard InChI is InChI=1S/C15H10F2N2O/c16-9-5-6-11-13(7-9)19-14(20)8-18-15(11)10-3-1-2-4-12(10)17/h1-7H,8H2,(H,19,20). The molecular weight excluding hydrogens is 262 g/mol. The summed E-state index contributed by atoms with van der Waals surface area (Å²) >= 11 is 0. The number of fused-ring (bicyclic) bond motifs is 1. The van der Waals surface area contributed by atoms with Gasteiger partial charge in [0.15, 0.2) is 0 Å². The van der Waals surface area contributed by atoms with E-state index in [1.807, 2.05) is 0 Å². The van der Waals surface area contributed by atoms with E-state index in [4.69, 9.17) is 0 Å². The normalized spacial score (nSPS) is 14.1. The van der Waals surface area contributed by atoms with Crippen LogP contribution in [0.2, 0.25) is 0 Å². The summed E-state index contributed by atoms with van der Waals surface area (Å²) in [5.74, 6) is -1.27. The fourth-order valence-electron chi connectivity index (χ4n) is 2.14. The minimum absolute atomic E-state index is 0.125. The molecule has 1 aliphatic rings. The highest BCUT2D eigenvalue weighted by atomic mass is 19.1. The Balaban J connectivity index is 2.21. The van der Waals surface area contributed by atoms with E-state index in [1.54, 1.807) is 18.2 Å².